The lowest BCUT2D eigenvalue weighted by Crippen LogP contribution is -2.22. The van der Waals surface area contributed by atoms with Crippen molar-refractivity contribution in [1.29, 1.82) is 5.26 Å². The second-order valence-electron chi connectivity index (χ2n) is 4.70. The molecular weight excluding hydrogens is 250 g/mol. The number of benzene rings is 1. The topological polar surface area (TPSA) is 68.9 Å². The molecule has 0 spiro atoms. The van der Waals surface area contributed by atoms with Crippen LogP contribution in [0.1, 0.15) is 16.8 Å². The molecule has 2 aromatic rings. The third-order valence-corrected chi connectivity index (χ3v) is 3.04. The summed E-state index contributed by atoms with van der Waals surface area (Å²) in [6.45, 7) is 2.25. The van der Waals surface area contributed by atoms with E-state index in [9.17, 15) is 5.11 Å². The highest BCUT2D eigenvalue weighted by Gasteiger charge is 2.07. The van der Waals surface area contributed by atoms with Crippen molar-refractivity contribution in [1.82, 2.24) is 4.98 Å². The number of nitrogens with zero attached hydrogens (tertiary/aromatic N) is 2. The number of aryl methyl sites for hydroxylation is 1. The molecule has 0 aliphatic carbocycles. The van der Waals surface area contributed by atoms with Crippen LogP contribution in [0.2, 0.25) is 0 Å². The van der Waals surface area contributed by atoms with Gasteiger partial charge in [0.2, 0.25) is 0 Å². The van der Waals surface area contributed by atoms with E-state index < -0.39 is 6.10 Å². The van der Waals surface area contributed by atoms with Crippen LogP contribution in [0, 0.1) is 18.3 Å². The average Bonchev–Trinajstić information content (AvgIpc) is 2.47. The summed E-state index contributed by atoms with van der Waals surface area (Å²) in [6.07, 6.45) is 0.0937. The SMILES string of the molecule is Cc1ccc(NCC(O)Cc2ccccc2)nc1C#N. The lowest BCUT2D eigenvalue weighted by atomic mass is 10.1. The molecule has 0 fully saturated rings. The highest BCUT2D eigenvalue weighted by Crippen LogP contribution is 2.10. The number of hydrogen-bond acceptors (Lipinski definition) is 4. The van der Waals surface area contributed by atoms with E-state index in [0.717, 1.165) is 11.1 Å². The van der Waals surface area contributed by atoms with Gasteiger partial charge in [-0.25, -0.2) is 4.98 Å². The number of aliphatic hydroxyl groups is 1. The van der Waals surface area contributed by atoms with Crippen molar-refractivity contribution in [2.24, 2.45) is 0 Å². The van der Waals surface area contributed by atoms with Crippen molar-refractivity contribution in [3.63, 3.8) is 0 Å². The van der Waals surface area contributed by atoms with Crippen LogP contribution >= 0.6 is 0 Å². The van der Waals surface area contributed by atoms with Gasteiger partial charge < -0.3 is 10.4 Å². The number of aromatic nitrogens is 1. The molecule has 1 heterocycles. The third-order valence-electron chi connectivity index (χ3n) is 3.04. The van der Waals surface area contributed by atoms with E-state index >= 15 is 0 Å². The van der Waals surface area contributed by atoms with Gasteiger partial charge in [0, 0.05) is 13.0 Å². The van der Waals surface area contributed by atoms with Gasteiger partial charge in [-0.3, -0.25) is 0 Å². The van der Waals surface area contributed by atoms with Crippen molar-refractivity contribution in [2.75, 3.05) is 11.9 Å². The van der Waals surface area contributed by atoms with Crippen molar-refractivity contribution < 1.29 is 5.11 Å². The molecular formula is C16H17N3O. The third kappa shape index (κ3) is 3.81. The minimum atomic E-state index is -0.494. The molecule has 1 aromatic heterocycles. The van der Waals surface area contributed by atoms with Gasteiger partial charge in [0.25, 0.3) is 0 Å². The molecule has 1 unspecified atom stereocenters. The van der Waals surface area contributed by atoms with Crippen LogP contribution < -0.4 is 5.32 Å². The van der Waals surface area contributed by atoms with Gasteiger partial charge in [-0.05, 0) is 24.1 Å². The Balaban J connectivity index is 1.90. The number of hydrogen-bond donors (Lipinski definition) is 2. The number of nitriles is 1. The average molecular weight is 267 g/mol. The van der Waals surface area contributed by atoms with Crippen LogP contribution in [0.25, 0.3) is 0 Å². The van der Waals surface area contributed by atoms with Gasteiger partial charge in [0.15, 0.2) is 0 Å². The molecule has 0 saturated carbocycles. The highest BCUT2D eigenvalue weighted by atomic mass is 16.3. The first-order valence-electron chi connectivity index (χ1n) is 6.52. The minimum Gasteiger partial charge on any atom is -0.391 e. The summed E-state index contributed by atoms with van der Waals surface area (Å²) in [5, 5.41) is 22.0. The first-order chi connectivity index (χ1) is 9.69. The van der Waals surface area contributed by atoms with E-state index in [1.165, 1.54) is 0 Å². The number of rotatable bonds is 5. The Bertz CT molecular complexity index is 605. The number of anilines is 1. The first kappa shape index (κ1) is 14.0. The molecule has 2 rings (SSSR count). The molecule has 4 nitrogen and oxygen atoms in total. The zero-order valence-electron chi connectivity index (χ0n) is 11.4. The van der Waals surface area contributed by atoms with E-state index in [-0.39, 0.29) is 0 Å². The Hall–Kier alpha value is -2.38. The molecule has 0 bridgehead atoms. The van der Waals surface area contributed by atoms with Crippen molar-refractivity contribution >= 4 is 5.82 Å². The smallest absolute Gasteiger partial charge is 0.145 e. The Morgan fingerprint density at radius 2 is 2.00 bits per heavy atom. The van der Waals surface area contributed by atoms with Gasteiger partial charge in [0.05, 0.1) is 6.10 Å². The van der Waals surface area contributed by atoms with Crippen molar-refractivity contribution in [3.05, 3.63) is 59.3 Å². The first-order valence-corrected chi connectivity index (χ1v) is 6.52. The summed E-state index contributed by atoms with van der Waals surface area (Å²) in [5.74, 6) is 0.610. The van der Waals surface area contributed by atoms with E-state index in [0.29, 0.717) is 24.5 Å². The molecule has 2 N–H and O–H groups in total. The van der Waals surface area contributed by atoms with Crippen LogP contribution in [0.5, 0.6) is 0 Å². The summed E-state index contributed by atoms with van der Waals surface area (Å²) in [6, 6.07) is 15.5. The van der Waals surface area contributed by atoms with Crippen LogP contribution in [-0.2, 0) is 6.42 Å². The van der Waals surface area contributed by atoms with E-state index in [4.69, 9.17) is 5.26 Å². The quantitative estimate of drug-likeness (QED) is 0.872. The predicted molar refractivity (Wildman–Crippen MR) is 78.3 cm³/mol. The zero-order valence-corrected chi connectivity index (χ0v) is 11.4. The molecule has 20 heavy (non-hydrogen) atoms. The van der Waals surface area contributed by atoms with Gasteiger partial charge in [0.1, 0.15) is 17.6 Å². The van der Waals surface area contributed by atoms with Gasteiger partial charge >= 0.3 is 0 Å². The highest BCUT2D eigenvalue weighted by molar-refractivity contribution is 5.42. The predicted octanol–water partition coefficient (Wildman–Crippen LogP) is 2.28. The maximum absolute atomic E-state index is 9.99. The minimum absolute atomic E-state index is 0.399. The molecule has 102 valence electrons. The molecule has 0 saturated heterocycles. The number of pyridine rings is 1. The molecule has 0 radical (unpaired) electrons. The Morgan fingerprint density at radius 3 is 2.70 bits per heavy atom. The Morgan fingerprint density at radius 1 is 1.25 bits per heavy atom. The fraction of sp³-hybridized carbons (Fsp3) is 0.250. The lowest BCUT2D eigenvalue weighted by Gasteiger charge is -2.12. The zero-order chi connectivity index (χ0) is 14.4. The summed E-state index contributed by atoms with van der Waals surface area (Å²) in [5.41, 5.74) is 2.35. The largest absolute Gasteiger partial charge is 0.391 e. The Labute approximate surface area is 118 Å². The molecule has 1 atom stereocenters. The molecule has 4 heteroatoms. The van der Waals surface area contributed by atoms with Gasteiger partial charge in [-0.15, -0.1) is 0 Å². The summed E-state index contributed by atoms with van der Waals surface area (Å²) >= 11 is 0. The summed E-state index contributed by atoms with van der Waals surface area (Å²) in [7, 11) is 0. The van der Waals surface area contributed by atoms with E-state index in [1.54, 1.807) is 0 Å². The van der Waals surface area contributed by atoms with E-state index in [2.05, 4.69) is 10.3 Å². The van der Waals surface area contributed by atoms with Crippen molar-refractivity contribution in [3.8, 4) is 6.07 Å². The van der Waals surface area contributed by atoms with Gasteiger partial charge in [-0.2, -0.15) is 5.26 Å². The Kier molecular flexibility index (Phi) is 4.70. The standard InChI is InChI=1S/C16H17N3O/c1-12-7-8-16(19-15(12)10-17)18-11-14(20)9-13-5-3-2-4-6-13/h2-8,14,20H,9,11H2,1H3,(H,18,19). The number of nitrogens with one attached hydrogen (secondary N) is 1. The monoisotopic (exact) mass is 267 g/mol. The normalized spacial score (nSPS) is 11.7. The second-order valence-corrected chi connectivity index (χ2v) is 4.70. The molecule has 0 aliphatic heterocycles. The fourth-order valence-electron chi connectivity index (χ4n) is 1.92. The van der Waals surface area contributed by atoms with Crippen LogP contribution in [0.4, 0.5) is 5.82 Å². The molecule has 0 aliphatic rings. The van der Waals surface area contributed by atoms with Crippen LogP contribution in [-0.4, -0.2) is 22.7 Å². The van der Waals surface area contributed by atoms with Crippen LogP contribution in [0.3, 0.4) is 0 Å². The fourth-order valence-corrected chi connectivity index (χ4v) is 1.92. The second kappa shape index (κ2) is 6.69. The van der Waals surface area contributed by atoms with Gasteiger partial charge in [-0.1, -0.05) is 36.4 Å². The summed E-state index contributed by atoms with van der Waals surface area (Å²) in [4.78, 5) is 4.19. The summed E-state index contributed by atoms with van der Waals surface area (Å²) < 4.78 is 0. The number of aliphatic hydroxyl groups excluding tert-OH is 1. The van der Waals surface area contributed by atoms with Crippen molar-refractivity contribution in [2.45, 2.75) is 19.4 Å². The van der Waals surface area contributed by atoms with Crippen LogP contribution in [0.15, 0.2) is 42.5 Å². The van der Waals surface area contributed by atoms with E-state index in [1.807, 2.05) is 55.5 Å². The molecule has 0 amide bonds. The lowest BCUT2D eigenvalue weighted by molar-refractivity contribution is 0.188. The maximum atomic E-state index is 9.99. The molecule has 1 aromatic carbocycles. The maximum Gasteiger partial charge on any atom is 0.145 e.